The molecule has 1 fully saturated rings. The van der Waals surface area contributed by atoms with Crippen molar-refractivity contribution < 1.29 is 17.9 Å². The molecule has 0 spiro atoms. The average Bonchev–Trinajstić information content (AvgIpc) is 2.83. The molecule has 0 radical (unpaired) electrons. The van der Waals surface area contributed by atoms with Gasteiger partial charge in [-0.15, -0.1) is 0 Å². The first kappa shape index (κ1) is 14.6. The minimum absolute atomic E-state index is 0.0634. The summed E-state index contributed by atoms with van der Waals surface area (Å²) in [5, 5.41) is 2.81. The van der Waals surface area contributed by atoms with Crippen molar-refractivity contribution in [1.82, 2.24) is 4.98 Å². The fourth-order valence-electron chi connectivity index (χ4n) is 2.08. The number of hydrogen-bond acceptors (Lipinski definition) is 3. The van der Waals surface area contributed by atoms with Crippen molar-refractivity contribution in [1.29, 1.82) is 0 Å². The highest BCUT2D eigenvalue weighted by molar-refractivity contribution is 9.10. The summed E-state index contributed by atoms with van der Waals surface area (Å²) in [7, 11) is 0. The number of anilines is 1. The van der Waals surface area contributed by atoms with Crippen LogP contribution in [-0.4, -0.2) is 23.7 Å². The molecule has 7 heteroatoms. The normalized spacial score (nSPS) is 21.4. The Morgan fingerprint density at radius 3 is 2.84 bits per heavy atom. The molecule has 19 heavy (non-hydrogen) atoms. The minimum atomic E-state index is -4.44. The van der Waals surface area contributed by atoms with Crippen LogP contribution in [0.1, 0.15) is 25.3 Å². The van der Waals surface area contributed by atoms with Gasteiger partial charge in [-0.05, 0) is 41.8 Å². The third-order valence-electron chi connectivity index (χ3n) is 3.05. The maximum atomic E-state index is 12.9. The number of nitrogens with zero attached hydrogens (tertiary/aromatic N) is 1. The van der Waals surface area contributed by atoms with E-state index in [1.807, 2.05) is 0 Å². The van der Waals surface area contributed by atoms with Crippen LogP contribution < -0.4 is 5.32 Å². The topological polar surface area (TPSA) is 34.2 Å². The minimum Gasteiger partial charge on any atom is -0.376 e. The second kappa shape index (κ2) is 5.66. The van der Waals surface area contributed by atoms with Gasteiger partial charge in [-0.2, -0.15) is 13.2 Å². The van der Waals surface area contributed by atoms with Gasteiger partial charge in [-0.3, -0.25) is 0 Å². The van der Waals surface area contributed by atoms with E-state index >= 15 is 0 Å². The molecule has 1 saturated heterocycles. The second-order valence-electron chi connectivity index (χ2n) is 4.53. The summed E-state index contributed by atoms with van der Waals surface area (Å²) < 4.78 is 44.5. The zero-order chi connectivity index (χ0) is 14.0. The van der Waals surface area contributed by atoms with Crippen LogP contribution in [0.2, 0.25) is 0 Å². The van der Waals surface area contributed by atoms with Gasteiger partial charge in [0.2, 0.25) is 0 Å². The SMILES string of the molecule is CC(Nc1ncc(Br)cc1C(F)(F)F)C1CCCO1. The molecule has 1 aliphatic rings. The van der Waals surface area contributed by atoms with Crippen molar-refractivity contribution in [3.05, 3.63) is 22.3 Å². The van der Waals surface area contributed by atoms with Gasteiger partial charge in [-0.1, -0.05) is 0 Å². The van der Waals surface area contributed by atoms with Crippen LogP contribution >= 0.6 is 15.9 Å². The fraction of sp³-hybridized carbons (Fsp3) is 0.583. The molecule has 2 heterocycles. The van der Waals surface area contributed by atoms with Crippen molar-refractivity contribution in [3.8, 4) is 0 Å². The lowest BCUT2D eigenvalue weighted by Gasteiger charge is -2.22. The smallest absolute Gasteiger partial charge is 0.376 e. The maximum absolute atomic E-state index is 12.9. The van der Waals surface area contributed by atoms with E-state index in [9.17, 15) is 13.2 Å². The number of halogens is 4. The Bertz CT molecular complexity index is 447. The Morgan fingerprint density at radius 1 is 1.53 bits per heavy atom. The summed E-state index contributed by atoms with van der Waals surface area (Å²) in [6, 6.07) is 0.814. The quantitative estimate of drug-likeness (QED) is 0.909. The van der Waals surface area contributed by atoms with Crippen molar-refractivity contribution in [2.75, 3.05) is 11.9 Å². The van der Waals surface area contributed by atoms with Gasteiger partial charge in [-0.25, -0.2) is 4.98 Å². The molecular weight excluding hydrogens is 325 g/mol. The van der Waals surface area contributed by atoms with Crippen LogP contribution in [0.25, 0.3) is 0 Å². The molecule has 1 N–H and O–H groups in total. The van der Waals surface area contributed by atoms with Gasteiger partial charge in [0, 0.05) is 17.3 Å². The highest BCUT2D eigenvalue weighted by atomic mass is 79.9. The van der Waals surface area contributed by atoms with Crippen molar-refractivity contribution >= 4 is 21.7 Å². The molecule has 1 aromatic rings. The van der Waals surface area contributed by atoms with Crippen LogP contribution in [0.3, 0.4) is 0 Å². The van der Waals surface area contributed by atoms with Gasteiger partial charge in [0.15, 0.2) is 0 Å². The molecule has 0 bridgehead atoms. The van der Waals surface area contributed by atoms with E-state index in [0.717, 1.165) is 18.9 Å². The first-order chi connectivity index (χ1) is 8.88. The summed E-state index contributed by atoms with van der Waals surface area (Å²) in [5.74, 6) is -0.154. The zero-order valence-electron chi connectivity index (χ0n) is 10.3. The molecule has 106 valence electrons. The number of ether oxygens (including phenoxy) is 1. The standard InChI is InChI=1S/C12H14BrF3N2O/c1-7(10-3-2-4-19-10)18-11-9(12(14,15)16)5-8(13)6-17-11/h5-7,10H,2-4H2,1H3,(H,17,18). The predicted octanol–water partition coefficient (Wildman–Crippen LogP) is 3.84. The molecule has 0 aromatic carbocycles. The molecule has 1 aromatic heterocycles. The number of nitrogens with one attached hydrogen (secondary N) is 1. The molecule has 0 amide bonds. The van der Waals surface area contributed by atoms with E-state index in [4.69, 9.17) is 4.74 Å². The number of alkyl halides is 3. The van der Waals surface area contributed by atoms with Crippen LogP contribution in [0.4, 0.5) is 19.0 Å². The number of aromatic nitrogens is 1. The Labute approximate surface area is 117 Å². The lowest BCUT2D eigenvalue weighted by atomic mass is 10.1. The van der Waals surface area contributed by atoms with E-state index < -0.39 is 11.7 Å². The van der Waals surface area contributed by atoms with Gasteiger partial charge < -0.3 is 10.1 Å². The van der Waals surface area contributed by atoms with Crippen LogP contribution in [0.15, 0.2) is 16.7 Å². The van der Waals surface area contributed by atoms with E-state index in [1.54, 1.807) is 6.92 Å². The molecule has 2 rings (SSSR count). The summed E-state index contributed by atoms with van der Waals surface area (Å²) in [6.45, 7) is 2.47. The van der Waals surface area contributed by atoms with Crippen LogP contribution in [0, 0.1) is 0 Å². The third kappa shape index (κ3) is 3.60. The summed E-state index contributed by atoms with van der Waals surface area (Å²) in [4.78, 5) is 3.82. The molecule has 0 aliphatic carbocycles. The first-order valence-corrected chi connectivity index (χ1v) is 6.78. The van der Waals surface area contributed by atoms with E-state index in [-0.39, 0.29) is 18.0 Å². The highest BCUT2D eigenvalue weighted by Gasteiger charge is 2.35. The molecule has 2 atom stereocenters. The number of hydrogen-bond donors (Lipinski definition) is 1. The Hall–Kier alpha value is -0.820. The van der Waals surface area contributed by atoms with Crippen molar-refractivity contribution in [3.63, 3.8) is 0 Å². The summed E-state index contributed by atoms with van der Waals surface area (Å²) >= 11 is 3.01. The fourth-order valence-corrected chi connectivity index (χ4v) is 2.41. The summed E-state index contributed by atoms with van der Waals surface area (Å²) in [6.07, 6.45) is -1.36. The number of pyridine rings is 1. The summed E-state index contributed by atoms with van der Waals surface area (Å²) in [5.41, 5.74) is -0.772. The average molecular weight is 339 g/mol. The van der Waals surface area contributed by atoms with E-state index in [1.165, 1.54) is 6.20 Å². The lowest BCUT2D eigenvalue weighted by molar-refractivity contribution is -0.137. The maximum Gasteiger partial charge on any atom is 0.419 e. The number of rotatable bonds is 3. The van der Waals surface area contributed by atoms with Gasteiger partial charge >= 0.3 is 6.18 Å². The molecule has 2 unspecified atom stereocenters. The third-order valence-corrected chi connectivity index (χ3v) is 3.48. The van der Waals surface area contributed by atoms with Crippen LogP contribution in [-0.2, 0) is 10.9 Å². The van der Waals surface area contributed by atoms with Crippen molar-refractivity contribution in [2.24, 2.45) is 0 Å². The van der Waals surface area contributed by atoms with E-state index in [0.29, 0.717) is 11.1 Å². The largest absolute Gasteiger partial charge is 0.419 e. The molecule has 1 aliphatic heterocycles. The Morgan fingerprint density at radius 2 is 2.26 bits per heavy atom. The molecular formula is C12H14BrF3N2O. The van der Waals surface area contributed by atoms with Crippen LogP contribution in [0.5, 0.6) is 0 Å². The Balaban J connectivity index is 2.19. The van der Waals surface area contributed by atoms with Gasteiger partial charge in [0.1, 0.15) is 5.82 Å². The highest BCUT2D eigenvalue weighted by Crippen LogP contribution is 2.35. The Kier molecular flexibility index (Phi) is 4.35. The first-order valence-electron chi connectivity index (χ1n) is 5.99. The molecule has 3 nitrogen and oxygen atoms in total. The van der Waals surface area contributed by atoms with E-state index in [2.05, 4.69) is 26.2 Å². The lowest BCUT2D eigenvalue weighted by Crippen LogP contribution is -2.31. The molecule has 0 saturated carbocycles. The van der Waals surface area contributed by atoms with Gasteiger partial charge in [0.25, 0.3) is 0 Å². The second-order valence-corrected chi connectivity index (χ2v) is 5.45. The monoisotopic (exact) mass is 338 g/mol. The predicted molar refractivity (Wildman–Crippen MR) is 69.0 cm³/mol. The zero-order valence-corrected chi connectivity index (χ0v) is 11.9. The van der Waals surface area contributed by atoms with Crippen molar-refractivity contribution in [2.45, 2.75) is 38.1 Å². The van der Waals surface area contributed by atoms with Gasteiger partial charge in [0.05, 0.1) is 17.7 Å².